The molecule has 3 fully saturated rings. The number of ether oxygens (including phenoxy) is 2. The van der Waals surface area contributed by atoms with Gasteiger partial charge in [-0.3, -0.25) is 9.59 Å². The van der Waals surface area contributed by atoms with Crippen LogP contribution in [0.5, 0.6) is 0 Å². The number of nitrogens with one attached hydrogen (secondary N) is 3. The van der Waals surface area contributed by atoms with E-state index < -0.39 is 24.3 Å². The number of alkyl carbamates (subject to hydrolysis) is 2. The molecule has 62 heavy (non-hydrogen) atoms. The number of nitrogen functional groups attached to an aromatic ring is 1. The summed E-state index contributed by atoms with van der Waals surface area (Å²) >= 11 is 0. The summed E-state index contributed by atoms with van der Waals surface area (Å²) in [6.07, 6.45) is 7.50. The number of amides is 4. The van der Waals surface area contributed by atoms with Gasteiger partial charge in [0, 0.05) is 29.9 Å². The molecule has 3 saturated heterocycles. The molecule has 6 heterocycles. The Kier molecular flexibility index (Phi) is 10.8. The monoisotopic (exact) mass is 840 g/mol. The average molecular weight is 841 g/mol. The zero-order valence-corrected chi connectivity index (χ0v) is 35.3. The summed E-state index contributed by atoms with van der Waals surface area (Å²) < 4.78 is 11.0. The van der Waals surface area contributed by atoms with Crippen molar-refractivity contribution in [1.82, 2.24) is 40.1 Å². The molecule has 0 spiro atoms. The lowest BCUT2D eigenvalue weighted by Crippen LogP contribution is -2.47. The lowest BCUT2D eigenvalue weighted by molar-refractivity contribution is -0.134. The Morgan fingerprint density at radius 3 is 1.89 bits per heavy atom. The fourth-order valence-electron chi connectivity index (χ4n) is 10.2. The van der Waals surface area contributed by atoms with Crippen LogP contribution in [0, 0.1) is 0 Å². The third-order valence-corrected chi connectivity index (χ3v) is 13.1. The number of aromatic amines is 1. The van der Waals surface area contributed by atoms with Crippen LogP contribution in [0.3, 0.4) is 0 Å². The van der Waals surface area contributed by atoms with E-state index in [0.29, 0.717) is 25.3 Å². The number of rotatable bonds is 10. The Hall–Kier alpha value is -6.84. The number of fused-ring (bicyclic) bond motifs is 5. The second-order valence-corrected chi connectivity index (χ2v) is 16.6. The van der Waals surface area contributed by atoms with Gasteiger partial charge in [-0.25, -0.2) is 24.2 Å². The molecule has 5 aromatic rings. The van der Waals surface area contributed by atoms with E-state index >= 15 is 0 Å². The molecule has 0 aliphatic carbocycles. The number of H-pyrrole nitrogens is 1. The van der Waals surface area contributed by atoms with Gasteiger partial charge in [0.2, 0.25) is 11.8 Å². The highest BCUT2D eigenvalue weighted by molar-refractivity contribution is 5.87. The third-order valence-electron chi connectivity index (χ3n) is 13.1. The summed E-state index contributed by atoms with van der Waals surface area (Å²) in [4.78, 5) is 69.8. The Labute approximate surface area is 359 Å². The van der Waals surface area contributed by atoms with E-state index in [1.54, 1.807) is 34.5 Å². The van der Waals surface area contributed by atoms with Crippen molar-refractivity contribution >= 4 is 29.7 Å². The van der Waals surface area contributed by atoms with Crippen LogP contribution in [0.4, 0.5) is 15.3 Å². The highest BCUT2D eigenvalue weighted by Gasteiger charge is 2.47. The topological polar surface area (TPSA) is 193 Å². The number of hydrogen-bond donors (Lipinski definition) is 4. The number of nitrogens with zero attached hydrogens (tertiary/aromatic N) is 6. The normalized spacial score (nSPS) is 21.1. The van der Waals surface area contributed by atoms with E-state index in [9.17, 15) is 19.2 Å². The molecule has 9 rings (SSSR count). The maximum Gasteiger partial charge on any atom is 0.407 e. The largest absolute Gasteiger partial charge is 0.453 e. The molecule has 322 valence electrons. The minimum Gasteiger partial charge on any atom is -0.453 e. The number of carbonyl (C=O) groups excluding carboxylic acids is 4. The van der Waals surface area contributed by atoms with Gasteiger partial charge in [-0.15, -0.1) is 0 Å². The fourth-order valence-corrected chi connectivity index (χ4v) is 10.2. The van der Waals surface area contributed by atoms with Gasteiger partial charge < -0.3 is 45.6 Å². The number of aromatic nitrogens is 4. The van der Waals surface area contributed by atoms with Crippen LogP contribution in [0.2, 0.25) is 0 Å². The third kappa shape index (κ3) is 7.06. The molecular weight excluding hydrogens is 789 g/mol. The molecule has 0 radical (unpaired) electrons. The minimum atomic E-state index is -0.758. The first-order valence-electron chi connectivity index (χ1n) is 21.4. The number of hydrogen-bond acceptors (Lipinski definition) is 10. The maximum atomic E-state index is 13.5. The SMILES string of the molecule is COC(=O)N[C@@H](C)C(=O)N1CCCC1c1ncc(-c2ccc(-c3ccc(-c4cnc(C5CCCN5C(=O)[C@@H](C)NC(=O)OC)n4N)cc3)c3c2C2CCC3N2c2ccccc2)[nH]1. The van der Waals surface area contributed by atoms with Crippen LogP contribution in [-0.4, -0.2) is 92.8 Å². The molecule has 4 aliphatic heterocycles. The van der Waals surface area contributed by atoms with Gasteiger partial charge in [-0.05, 0) is 86.8 Å². The number of likely N-dealkylation sites (tertiary alicyclic amines) is 2. The number of para-hydroxylation sites is 1. The second-order valence-electron chi connectivity index (χ2n) is 16.6. The number of nitrogens with two attached hydrogens (primary N) is 1. The highest BCUT2D eigenvalue weighted by atomic mass is 16.5. The molecule has 2 bridgehead atoms. The van der Waals surface area contributed by atoms with Crippen molar-refractivity contribution in [1.29, 1.82) is 0 Å². The Morgan fingerprint density at radius 1 is 0.694 bits per heavy atom. The van der Waals surface area contributed by atoms with E-state index in [-0.39, 0.29) is 36.0 Å². The fraction of sp³-hybridized carbons (Fsp3) is 0.391. The molecule has 6 atom stereocenters. The van der Waals surface area contributed by atoms with E-state index in [1.807, 2.05) is 12.3 Å². The summed E-state index contributed by atoms with van der Waals surface area (Å²) in [5.74, 6) is 7.66. The molecule has 2 aromatic heterocycles. The molecule has 16 heteroatoms. The highest BCUT2D eigenvalue weighted by Crippen LogP contribution is 2.59. The molecule has 4 unspecified atom stereocenters. The first-order valence-corrected chi connectivity index (χ1v) is 21.4. The van der Waals surface area contributed by atoms with Gasteiger partial charge in [-0.1, -0.05) is 54.6 Å². The number of anilines is 1. The van der Waals surface area contributed by atoms with Crippen LogP contribution >= 0.6 is 0 Å². The van der Waals surface area contributed by atoms with Crippen LogP contribution in [0.25, 0.3) is 33.6 Å². The lowest BCUT2D eigenvalue weighted by Gasteiger charge is -2.27. The van der Waals surface area contributed by atoms with Crippen LogP contribution in [-0.2, 0) is 19.1 Å². The Bertz CT molecular complexity index is 2500. The second kappa shape index (κ2) is 16.6. The Balaban J connectivity index is 1.02. The summed E-state index contributed by atoms with van der Waals surface area (Å²) in [5.41, 5.74) is 9.65. The van der Waals surface area contributed by atoms with Gasteiger partial charge in [-0.2, -0.15) is 0 Å². The first kappa shape index (κ1) is 40.6. The van der Waals surface area contributed by atoms with Crippen molar-refractivity contribution in [3.63, 3.8) is 0 Å². The molecule has 4 amide bonds. The summed E-state index contributed by atoms with van der Waals surface area (Å²) in [6.45, 7) is 4.43. The van der Waals surface area contributed by atoms with Gasteiger partial charge in [0.05, 0.1) is 62.2 Å². The molecule has 4 aliphatic rings. The first-order chi connectivity index (χ1) is 30.1. The average Bonchev–Trinajstić information content (AvgIpc) is 4.17. The Morgan fingerprint density at radius 2 is 1.26 bits per heavy atom. The lowest BCUT2D eigenvalue weighted by atomic mass is 9.82. The number of carbonyl (C=O) groups is 4. The van der Waals surface area contributed by atoms with Crippen molar-refractivity contribution in [3.8, 4) is 33.6 Å². The summed E-state index contributed by atoms with van der Waals surface area (Å²) in [7, 11) is 2.55. The van der Waals surface area contributed by atoms with Crippen LogP contribution in [0.1, 0.15) is 99.3 Å². The molecule has 5 N–H and O–H groups in total. The van der Waals surface area contributed by atoms with Crippen molar-refractivity contribution in [3.05, 3.63) is 102 Å². The van der Waals surface area contributed by atoms with Gasteiger partial charge in [0.15, 0.2) is 0 Å². The number of methoxy groups -OCH3 is 2. The van der Waals surface area contributed by atoms with Crippen molar-refractivity contribution in [2.45, 2.75) is 88.6 Å². The van der Waals surface area contributed by atoms with Gasteiger partial charge in [0.25, 0.3) is 0 Å². The van der Waals surface area contributed by atoms with Gasteiger partial charge in [0.1, 0.15) is 23.7 Å². The quantitative estimate of drug-likeness (QED) is 0.112. The van der Waals surface area contributed by atoms with E-state index in [0.717, 1.165) is 66.0 Å². The van der Waals surface area contributed by atoms with Crippen molar-refractivity contribution < 1.29 is 28.7 Å². The minimum absolute atomic E-state index is 0.166. The predicted molar refractivity (Wildman–Crippen MR) is 232 cm³/mol. The molecule has 16 nitrogen and oxygen atoms in total. The zero-order valence-electron chi connectivity index (χ0n) is 35.3. The van der Waals surface area contributed by atoms with E-state index in [4.69, 9.17) is 25.3 Å². The van der Waals surface area contributed by atoms with Gasteiger partial charge >= 0.3 is 12.2 Å². The number of imidazole rings is 2. The van der Waals surface area contributed by atoms with E-state index in [2.05, 4.69) is 81.2 Å². The predicted octanol–water partition coefficient (Wildman–Crippen LogP) is 6.53. The van der Waals surface area contributed by atoms with Crippen molar-refractivity contribution in [2.24, 2.45) is 0 Å². The smallest absolute Gasteiger partial charge is 0.407 e. The van der Waals surface area contributed by atoms with Crippen molar-refractivity contribution in [2.75, 3.05) is 38.1 Å². The standard InChI is InChI=1S/C46H52N10O6/c1-26(50-45(59)61-3)43(57)53-22-8-12-36(53)41-48-24-33(52-41)32-19-18-31(39-34-20-21-35(40(32)39)55(34)30-10-6-5-7-11-30)28-14-16-29(17-15-28)38-25-49-42(56(38)47)37-13-9-23-54(37)44(58)27(2)51-46(60)62-4/h5-7,10-11,14-19,24-27,34-37H,8-9,12-13,20-23,47H2,1-4H3,(H,48,52)(H,50,59)(H,51,60)/t26-,27+,34?,35?,36?,37?/m0/s1. The maximum absolute atomic E-state index is 13.5. The molecule has 0 saturated carbocycles. The van der Waals surface area contributed by atoms with Crippen LogP contribution in [0.15, 0.2) is 79.1 Å². The van der Waals surface area contributed by atoms with E-state index in [1.165, 1.54) is 36.6 Å². The summed E-state index contributed by atoms with van der Waals surface area (Å²) in [5, 5.41) is 5.18. The zero-order chi connectivity index (χ0) is 43.2. The molecular formula is C46H52N10O6. The van der Waals surface area contributed by atoms with Crippen LogP contribution < -0.4 is 21.4 Å². The molecule has 3 aromatic carbocycles. The summed E-state index contributed by atoms with van der Waals surface area (Å²) in [6, 6.07) is 21.7. The number of benzene rings is 3.